The van der Waals surface area contributed by atoms with E-state index in [9.17, 15) is 0 Å². The number of thiophene rings is 1. The van der Waals surface area contributed by atoms with Crippen LogP contribution in [-0.4, -0.2) is 7.05 Å². The summed E-state index contributed by atoms with van der Waals surface area (Å²) >= 11 is 7.68. The highest BCUT2D eigenvalue weighted by atomic mass is 35.5. The van der Waals surface area contributed by atoms with Gasteiger partial charge < -0.3 is 5.32 Å². The van der Waals surface area contributed by atoms with Gasteiger partial charge in [-0.2, -0.15) is 0 Å². The summed E-state index contributed by atoms with van der Waals surface area (Å²) in [5.41, 5.74) is 1.28. The van der Waals surface area contributed by atoms with E-state index in [-0.39, 0.29) is 0 Å². The lowest BCUT2D eigenvalue weighted by molar-refractivity contribution is 0.596. The minimum absolute atomic E-state index is 0.357. The number of halogens is 1. The van der Waals surface area contributed by atoms with Crippen LogP contribution in [0.4, 0.5) is 0 Å². The van der Waals surface area contributed by atoms with E-state index in [1.165, 1.54) is 10.4 Å². The first-order valence-corrected chi connectivity index (χ1v) is 6.50. The zero-order valence-electron chi connectivity index (χ0n) is 9.11. The smallest absolute Gasteiger partial charge is 0.0406 e. The monoisotopic (exact) mass is 251 g/mol. The molecule has 1 N–H and O–H groups in total. The highest BCUT2D eigenvalue weighted by Gasteiger charge is 2.10. The van der Waals surface area contributed by atoms with Gasteiger partial charge in [-0.1, -0.05) is 29.8 Å². The van der Waals surface area contributed by atoms with Crippen LogP contribution in [0.1, 0.15) is 16.5 Å². The maximum absolute atomic E-state index is 5.88. The number of nitrogens with one attached hydrogen (secondary N) is 1. The normalized spacial score (nSPS) is 12.6. The lowest BCUT2D eigenvalue weighted by Crippen LogP contribution is -2.18. The molecular weight excluding hydrogens is 238 g/mol. The summed E-state index contributed by atoms with van der Waals surface area (Å²) in [6.07, 6.45) is 1.02. The summed E-state index contributed by atoms with van der Waals surface area (Å²) in [6, 6.07) is 12.7. The molecule has 0 aliphatic heterocycles. The number of hydrogen-bond donors (Lipinski definition) is 1. The lowest BCUT2D eigenvalue weighted by atomic mass is 10.0. The minimum Gasteiger partial charge on any atom is -0.313 e. The average Bonchev–Trinajstić information content (AvgIpc) is 2.80. The first-order valence-electron chi connectivity index (χ1n) is 5.24. The molecule has 3 heteroatoms. The highest BCUT2D eigenvalue weighted by Crippen LogP contribution is 2.22. The van der Waals surface area contributed by atoms with E-state index in [0.29, 0.717) is 6.04 Å². The van der Waals surface area contributed by atoms with E-state index in [2.05, 4.69) is 35.0 Å². The summed E-state index contributed by atoms with van der Waals surface area (Å²) < 4.78 is 0. The van der Waals surface area contributed by atoms with Crippen LogP contribution in [0, 0.1) is 0 Å². The molecule has 0 aliphatic carbocycles. The van der Waals surface area contributed by atoms with Crippen molar-refractivity contribution in [2.75, 3.05) is 7.05 Å². The van der Waals surface area contributed by atoms with Gasteiger partial charge in [0.1, 0.15) is 0 Å². The Morgan fingerprint density at radius 2 is 2.00 bits per heavy atom. The Morgan fingerprint density at radius 1 is 1.25 bits per heavy atom. The van der Waals surface area contributed by atoms with Gasteiger partial charge in [-0.3, -0.25) is 0 Å². The molecular formula is C13H14ClNS. The third kappa shape index (κ3) is 2.85. The summed E-state index contributed by atoms with van der Waals surface area (Å²) in [6.45, 7) is 0. The van der Waals surface area contributed by atoms with Gasteiger partial charge in [0.25, 0.3) is 0 Å². The van der Waals surface area contributed by atoms with Crippen molar-refractivity contribution in [1.29, 1.82) is 0 Å². The van der Waals surface area contributed by atoms with Crippen LogP contribution in [0.2, 0.25) is 5.02 Å². The Kier molecular flexibility index (Phi) is 3.99. The van der Waals surface area contributed by atoms with Crippen molar-refractivity contribution in [1.82, 2.24) is 5.32 Å². The Balaban J connectivity index is 2.13. The fourth-order valence-electron chi connectivity index (χ4n) is 1.71. The lowest BCUT2D eigenvalue weighted by Gasteiger charge is -2.15. The molecule has 0 spiro atoms. The summed E-state index contributed by atoms with van der Waals surface area (Å²) in [7, 11) is 1.99. The van der Waals surface area contributed by atoms with Gasteiger partial charge >= 0.3 is 0 Å². The molecule has 16 heavy (non-hydrogen) atoms. The summed E-state index contributed by atoms with van der Waals surface area (Å²) in [5, 5.41) is 6.24. The molecule has 1 aromatic heterocycles. The topological polar surface area (TPSA) is 12.0 Å². The molecule has 0 saturated carbocycles. The fraction of sp³-hybridized carbons (Fsp3) is 0.231. The second kappa shape index (κ2) is 5.48. The Morgan fingerprint density at radius 3 is 2.56 bits per heavy atom. The number of benzene rings is 1. The van der Waals surface area contributed by atoms with Gasteiger partial charge in [0.15, 0.2) is 0 Å². The number of likely N-dealkylation sites (N-methyl/N-ethyl adjacent to an activating group) is 1. The first-order chi connectivity index (χ1) is 7.79. The quantitative estimate of drug-likeness (QED) is 0.869. The second-order valence-corrected chi connectivity index (χ2v) is 5.14. The molecule has 0 fully saturated rings. The van der Waals surface area contributed by atoms with Crippen LogP contribution >= 0.6 is 22.9 Å². The molecule has 0 radical (unpaired) electrons. The van der Waals surface area contributed by atoms with Crippen molar-refractivity contribution in [3.63, 3.8) is 0 Å². The Bertz CT molecular complexity index is 422. The van der Waals surface area contributed by atoms with Crippen LogP contribution in [0.3, 0.4) is 0 Å². The molecule has 0 saturated heterocycles. The Hall–Kier alpha value is -0.830. The molecule has 1 nitrogen and oxygen atoms in total. The number of rotatable bonds is 4. The molecule has 0 amide bonds. The SMILES string of the molecule is CNC(Cc1cccs1)c1ccc(Cl)cc1. The van der Waals surface area contributed by atoms with E-state index in [1.54, 1.807) is 11.3 Å². The largest absolute Gasteiger partial charge is 0.313 e. The minimum atomic E-state index is 0.357. The van der Waals surface area contributed by atoms with Crippen molar-refractivity contribution < 1.29 is 0 Å². The van der Waals surface area contributed by atoms with E-state index in [0.717, 1.165) is 11.4 Å². The molecule has 84 valence electrons. The van der Waals surface area contributed by atoms with Crippen molar-refractivity contribution in [3.05, 3.63) is 57.2 Å². The van der Waals surface area contributed by atoms with Crippen LogP contribution in [0.5, 0.6) is 0 Å². The van der Waals surface area contributed by atoms with E-state index in [1.807, 2.05) is 19.2 Å². The van der Waals surface area contributed by atoms with Gasteiger partial charge in [-0.25, -0.2) is 0 Å². The van der Waals surface area contributed by atoms with Gasteiger partial charge in [0, 0.05) is 22.4 Å². The van der Waals surface area contributed by atoms with Crippen molar-refractivity contribution >= 4 is 22.9 Å². The maximum Gasteiger partial charge on any atom is 0.0406 e. The Labute approximate surface area is 105 Å². The zero-order valence-corrected chi connectivity index (χ0v) is 10.7. The fourth-order valence-corrected chi connectivity index (χ4v) is 2.59. The van der Waals surface area contributed by atoms with E-state index >= 15 is 0 Å². The average molecular weight is 252 g/mol. The summed E-state index contributed by atoms with van der Waals surface area (Å²) in [4.78, 5) is 1.40. The molecule has 0 aliphatic rings. The van der Waals surface area contributed by atoms with Crippen LogP contribution in [0.25, 0.3) is 0 Å². The van der Waals surface area contributed by atoms with Crippen molar-refractivity contribution in [2.24, 2.45) is 0 Å². The molecule has 1 atom stereocenters. The van der Waals surface area contributed by atoms with Gasteiger partial charge in [-0.15, -0.1) is 11.3 Å². The third-order valence-electron chi connectivity index (χ3n) is 2.61. The van der Waals surface area contributed by atoms with Gasteiger partial charge in [-0.05, 0) is 36.2 Å². The van der Waals surface area contributed by atoms with Crippen LogP contribution in [0.15, 0.2) is 41.8 Å². The zero-order chi connectivity index (χ0) is 11.4. The van der Waals surface area contributed by atoms with Crippen LogP contribution in [-0.2, 0) is 6.42 Å². The van der Waals surface area contributed by atoms with E-state index < -0.39 is 0 Å². The highest BCUT2D eigenvalue weighted by molar-refractivity contribution is 7.09. The molecule has 1 aromatic carbocycles. The van der Waals surface area contributed by atoms with Gasteiger partial charge in [0.2, 0.25) is 0 Å². The van der Waals surface area contributed by atoms with Crippen molar-refractivity contribution in [3.8, 4) is 0 Å². The molecule has 1 heterocycles. The van der Waals surface area contributed by atoms with E-state index in [4.69, 9.17) is 11.6 Å². The first kappa shape index (κ1) is 11.6. The second-order valence-electron chi connectivity index (χ2n) is 3.68. The standard InChI is InChI=1S/C13H14ClNS/c1-15-13(9-12-3-2-8-16-12)10-4-6-11(14)7-5-10/h2-8,13,15H,9H2,1H3. The third-order valence-corrected chi connectivity index (χ3v) is 3.76. The molecule has 2 rings (SSSR count). The van der Waals surface area contributed by atoms with Crippen LogP contribution < -0.4 is 5.32 Å². The van der Waals surface area contributed by atoms with Gasteiger partial charge in [0.05, 0.1) is 0 Å². The maximum atomic E-state index is 5.88. The molecule has 0 bridgehead atoms. The molecule has 1 unspecified atom stereocenters. The molecule has 2 aromatic rings. The van der Waals surface area contributed by atoms with Crippen molar-refractivity contribution in [2.45, 2.75) is 12.5 Å². The predicted molar refractivity (Wildman–Crippen MR) is 71.3 cm³/mol. The summed E-state index contributed by atoms with van der Waals surface area (Å²) in [5.74, 6) is 0. The number of hydrogen-bond acceptors (Lipinski definition) is 2. The predicted octanol–water partition coefficient (Wildman–Crippen LogP) is 3.90.